The summed E-state index contributed by atoms with van der Waals surface area (Å²) >= 11 is 0. The van der Waals surface area contributed by atoms with E-state index in [2.05, 4.69) is 22.4 Å². The van der Waals surface area contributed by atoms with Crippen molar-refractivity contribution in [1.82, 2.24) is 10.3 Å². The minimum Gasteiger partial charge on any atom is -0.460 e. The average molecular weight is 284 g/mol. The van der Waals surface area contributed by atoms with Crippen LogP contribution in [0.5, 0.6) is 0 Å². The van der Waals surface area contributed by atoms with Crippen LogP contribution in [0.2, 0.25) is 0 Å². The van der Waals surface area contributed by atoms with Crippen LogP contribution in [0.15, 0.2) is 54.9 Å². The summed E-state index contributed by atoms with van der Waals surface area (Å²) in [6.45, 7) is 5.05. The van der Waals surface area contributed by atoms with Gasteiger partial charge in [-0.25, -0.2) is 4.79 Å². The fourth-order valence-electron chi connectivity index (χ4n) is 1.80. The molecule has 2 aromatic rings. The Morgan fingerprint density at radius 1 is 1.19 bits per heavy atom. The highest BCUT2D eigenvalue weighted by Crippen LogP contribution is 2.08. The summed E-state index contributed by atoms with van der Waals surface area (Å²) < 4.78 is 5.34. The van der Waals surface area contributed by atoms with Gasteiger partial charge in [-0.15, -0.1) is 0 Å². The summed E-state index contributed by atoms with van der Waals surface area (Å²) in [5.41, 5.74) is 1.37. The predicted molar refractivity (Wildman–Crippen MR) is 81.9 cm³/mol. The van der Waals surface area contributed by atoms with Crippen molar-refractivity contribution < 1.29 is 9.53 Å². The molecule has 1 heterocycles. The molecule has 0 bridgehead atoms. The first kappa shape index (κ1) is 15.2. The van der Waals surface area contributed by atoms with Crippen molar-refractivity contribution in [2.75, 3.05) is 6.61 Å². The lowest BCUT2D eigenvalue weighted by Gasteiger charge is -2.26. The second-order valence-corrected chi connectivity index (χ2v) is 5.54. The number of nitrogens with zero attached hydrogens (tertiary/aromatic N) is 1. The van der Waals surface area contributed by atoms with Crippen molar-refractivity contribution in [1.29, 1.82) is 0 Å². The topological polar surface area (TPSA) is 51.2 Å². The zero-order valence-electron chi connectivity index (χ0n) is 12.4. The van der Waals surface area contributed by atoms with Gasteiger partial charge in [-0.1, -0.05) is 30.3 Å². The number of esters is 1. The van der Waals surface area contributed by atoms with Crippen LogP contribution in [0.4, 0.5) is 0 Å². The first-order valence-corrected chi connectivity index (χ1v) is 6.93. The average Bonchev–Trinajstić information content (AvgIpc) is 2.53. The molecule has 0 atom stereocenters. The van der Waals surface area contributed by atoms with E-state index in [1.807, 2.05) is 32.0 Å². The van der Waals surface area contributed by atoms with Crippen LogP contribution in [0.25, 0.3) is 0 Å². The lowest BCUT2D eigenvalue weighted by atomic mass is 10.1. The van der Waals surface area contributed by atoms with Crippen LogP contribution in [-0.2, 0) is 11.3 Å². The van der Waals surface area contributed by atoms with Crippen molar-refractivity contribution >= 4 is 5.97 Å². The van der Waals surface area contributed by atoms with Crippen molar-refractivity contribution in [2.24, 2.45) is 0 Å². The Morgan fingerprint density at radius 3 is 2.62 bits per heavy atom. The van der Waals surface area contributed by atoms with E-state index in [-0.39, 0.29) is 11.5 Å². The Morgan fingerprint density at radius 2 is 1.95 bits per heavy atom. The zero-order valence-corrected chi connectivity index (χ0v) is 12.4. The molecular formula is C17H20N2O2. The van der Waals surface area contributed by atoms with Crippen molar-refractivity contribution in [2.45, 2.75) is 25.9 Å². The van der Waals surface area contributed by atoms with Gasteiger partial charge in [0.15, 0.2) is 0 Å². The molecule has 0 aliphatic heterocycles. The number of carbonyl (C=O) groups excluding carboxylic acids is 1. The van der Waals surface area contributed by atoms with E-state index in [4.69, 9.17) is 4.74 Å². The highest BCUT2D eigenvalue weighted by atomic mass is 16.5. The number of benzene rings is 1. The summed E-state index contributed by atoms with van der Waals surface area (Å²) in [4.78, 5) is 15.8. The van der Waals surface area contributed by atoms with Crippen LogP contribution < -0.4 is 5.32 Å². The molecule has 4 nitrogen and oxygen atoms in total. The summed E-state index contributed by atoms with van der Waals surface area (Å²) in [5, 5.41) is 3.39. The second-order valence-electron chi connectivity index (χ2n) is 5.54. The smallest absolute Gasteiger partial charge is 0.339 e. The van der Waals surface area contributed by atoms with E-state index < -0.39 is 0 Å². The third-order valence-electron chi connectivity index (χ3n) is 3.08. The lowest BCUT2D eigenvalue weighted by Crippen LogP contribution is -2.43. The van der Waals surface area contributed by atoms with Gasteiger partial charge < -0.3 is 10.1 Å². The number of pyridine rings is 1. The SMILES string of the molecule is CC(C)(COC(=O)c1cccnc1)NCc1ccccc1. The number of nitrogens with one attached hydrogen (secondary N) is 1. The predicted octanol–water partition coefficient (Wildman–Crippen LogP) is 2.81. The van der Waals surface area contributed by atoms with Gasteiger partial charge in [0.05, 0.1) is 5.56 Å². The molecular weight excluding hydrogens is 264 g/mol. The van der Waals surface area contributed by atoms with Crippen LogP contribution in [0, 0.1) is 0 Å². The molecule has 4 heteroatoms. The Bertz CT molecular complexity index is 568. The number of hydrogen-bond donors (Lipinski definition) is 1. The van der Waals surface area contributed by atoms with E-state index in [1.165, 1.54) is 11.8 Å². The molecule has 2 rings (SSSR count). The molecule has 1 aromatic carbocycles. The Hall–Kier alpha value is -2.20. The summed E-state index contributed by atoms with van der Waals surface area (Å²) in [6, 6.07) is 13.5. The first-order valence-electron chi connectivity index (χ1n) is 6.93. The van der Waals surface area contributed by atoms with Crippen molar-refractivity contribution in [3.05, 3.63) is 66.0 Å². The number of hydrogen-bond acceptors (Lipinski definition) is 4. The minimum atomic E-state index is -0.349. The van der Waals surface area contributed by atoms with Gasteiger partial charge in [-0.3, -0.25) is 4.98 Å². The second kappa shape index (κ2) is 6.99. The van der Waals surface area contributed by atoms with Crippen LogP contribution in [-0.4, -0.2) is 23.1 Å². The highest BCUT2D eigenvalue weighted by molar-refractivity contribution is 5.88. The van der Waals surface area contributed by atoms with Gasteiger partial charge in [-0.05, 0) is 31.5 Å². The molecule has 1 N–H and O–H groups in total. The fraction of sp³-hybridized carbons (Fsp3) is 0.294. The van der Waals surface area contributed by atoms with Gasteiger partial charge in [0, 0.05) is 24.5 Å². The molecule has 110 valence electrons. The molecule has 0 saturated heterocycles. The Balaban J connectivity index is 1.82. The molecule has 0 radical (unpaired) electrons. The van der Waals surface area contributed by atoms with Gasteiger partial charge in [0.2, 0.25) is 0 Å². The molecule has 0 spiro atoms. The van der Waals surface area contributed by atoms with Crippen LogP contribution >= 0.6 is 0 Å². The van der Waals surface area contributed by atoms with E-state index in [9.17, 15) is 4.79 Å². The van der Waals surface area contributed by atoms with Gasteiger partial charge in [0.1, 0.15) is 6.61 Å². The molecule has 0 unspecified atom stereocenters. The number of aromatic nitrogens is 1. The zero-order chi connectivity index (χ0) is 15.1. The lowest BCUT2D eigenvalue weighted by molar-refractivity contribution is 0.0398. The molecule has 21 heavy (non-hydrogen) atoms. The standard InChI is InChI=1S/C17H20N2O2/c1-17(2,19-11-14-7-4-3-5-8-14)13-21-16(20)15-9-6-10-18-12-15/h3-10,12,19H,11,13H2,1-2H3. The largest absolute Gasteiger partial charge is 0.460 e. The highest BCUT2D eigenvalue weighted by Gasteiger charge is 2.20. The third-order valence-corrected chi connectivity index (χ3v) is 3.08. The van der Waals surface area contributed by atoms with Gasteiger partial charge >= 0.3 is 5.97 Å². The number of carbonyl (C=O) groups is 1. The summed E-state index contributed by atoms with van der Waals surface area (Å²) in [7, 11) is 0. The van der Waals surface area contributed by atoms with E-state index in [0.29, 0.717) is 12.2 Å². The maximum absolute atomic E-state index is 11.9. The van der Waals surface area contributed by atoms with Crippen molar-refractivity contribution in [3.8, 4) is 0 Å². The molecule has 1 aromatic heterocycles. The first-order chi connectivity index (χ1) is 10.1. The fourth-order valence-corrected chi connectivity index (χ4v) is 1.80. The van der Waals surface area contributed by atoms with E-state index >= 15 is 0 Å². The molecule has 0 aliphatic rings. The summed E-state index contributed by atoms with van der Waals surface area (Å²) in [5.74, 6) is -0.349. The third kappa shape index (κ3) is 5.00. The molecule has 0 aliphatic carbocycles. The van der Waals surface area contributed by atoms with Gasteiger partial charge in [-0.2, -0.15) is 0 Å². The van der Waals surface area contributed by atoms with Gasteiger partial charge in [0.25, 0.3) is 0 Å². The number of ether oxygens (including phenoxy) is 1. The van der Waals surface area contributed by atoms with E-state index in [0.717, 1.165) is 6.54 Å². The molecule has 0 saturated carbocycles. The molecule has 0 fully saturated rings. The quantitative estimate of drug-likeness (QED) is 0.829. The maximum atomic E-state index is 11.9. The Labute approximate surface area is 125 Å². The van der Waals surface area contributed by atoms with E-state index in [1.54, 1.807) is 18.3 Å². The monoisotopic (exact) mass is 284 g/mol. The molecule has 0 amide bonds. The summed E-state index contributed by atoms with van der Waals surface area (Å²) in [6.07, 6.45) is 3.13. The minimum absolute atomic E-state index is 0.298. The van der Waals surface area contributed by atoms with Crippen LogP contribution in [0.3, 0.4) is 0 Å². The normalized spacial score (nSPS) is 11.1. The van der Waals surface area contributed by atoms with Crippen molar-refractivity contribution in [3.63, 3.8) is 0 Å². The maximum Gasteiger partial charge on any atom is 0.339 e. The Kier molecular flexibility index (Phi) is 5.06. The van der Waals surface area contributed by atoms with Crippen LogP contribution in [0.1, 0.15) is 29.8 Å². The number of rotatable bonds is 6.